The van der Waals surface area contributed by atoms with Crippen molar-refractivity contribution in [2.24, 2.45) is 5.92 Å². The van der Waals surface area contributed by atoms with Crippen LogP contribution in [0.5, 0.6) is 0 Å². The number of carbonyl (C=O) groups is 2. The van der Waals surface area contributed by atoms with Crippen LogP contribution in [0.25, 0.3) is 0 Å². The van der Waals surface area contributed by atoms with E-state index in [0.29, 0.717) is 29.0 Å². The molecule has 0 spiro atoms. The number of aldehydes is 1. The highest BCUT2D eigenvalue weighted by Gasteiger charge is 2.11. The Morgan fingerprint density at radius 1 is 1.53 bits per heavy atom. The molecule has 1 aromatic carbocycles. The molecule has 0 aliphatic carbocycles. The number of rotatable bonds is 5. The molecule has 1 N–H and O–H groups in total. The molecule has 1 atom stereocenters. The zero-order valence-corrected chi connectivity index (χ0v) is 10.3. The molecule has 0 aliphatic rings. The van der Waals surface area contributed by atoms with Gasteiger partial charge < -0.3 is 5.32 Å². The minimum absolute atomic E-state index is 0.0102. The minimum Gasteiger partial charge on any atom is -0.351 e. The van der Waals surface area contributed by atoms with Crippen molar-refractivity contribution >= 4 is 23.8 Å². The Hall–Kier alpha value is -1.61. The quantitative estimate of drug-likeness (QED) is 0.818. The number of benzene rings is 1. The van der Waals surface area contributed by atoms with Gasteiger partial charge in [-0.3, -0.25) is 9.59 Å². The highest BCUT2D eigenvalue weighted by atomic mass is 35.5. The summed E-state index contributed by atoms with van der Waals surface area (Å²) in [5.74, 6) is -0.290. The van der Waals surface area contributed by atoms with Gasteiger partial charge in [0, 0.05) is 28.6 Å². The zero-order chi connectivity index (χ0) is 12.8. The van der Waals surface area contributed by atoms with Gasteiger partial charge >= 0.3 is 0 Å². The van der Waals surface area contributed by atoms with Crippen LogP contribution < -0.4 is 5.32 Å². The molecule has 3 nitrogen and oxygen atoms in total. The van der Waals surface area contributed by atoms with E-state index in [0.717, 1.165) is 0 Å². The van der Waals surface area contributed by atoms with Crippen LogP contribution in [0.4, 0.5) is 0 Å². The van der Waals surface area contributed by atoms with Crippen molar-refractivity contribution < 1.29 is 9.59 Å². The van der Waals surface area contributed by atoms with Crippen LogP contribution in [-0.4, -0.2) is 18.7 Å². The maximum Gasteiger partial charge on any atom is 0.252 e. The van der Waals surface area contributed by atoms with E-state index in [9.17, 15) is 9.59 Å². The van der Waals surface area contributed by atoms with Crippen LogP contribution in [-0.2, 0) is 0 Å². The molecule has 1 unspecified atom stereocenters. The predicted octanol–water partition coefficient (Wildman–Crippen LogP) is 2.62. The van der Waals surface area contributed by atoms with Crippen molar-refractivity contribution in [3.63, 3.8) is 0 Å². The van der Waals surface area contributed by atoms with Crippen LogP contribution >= 0.6 is 11.6 Å². The van der Waals surface area contributed by atoms with Crippen molar-refractivity contribution in [1.82, 2.24) is 5.32 Å². The fourth-order valence-electron chi connectivity index (χ4n) is 1.26. The van der Waals surface area contributed by atoms with Gasteiger partial charge in [-0.2, -0.15) is 0 Å². The summed E-state index contributed by atoms with van der Waals surface area (Å²) in [6, 6.07) is 6.64. The van der Waals surface area contributed by atoms with Gasteiger partial charge in [0.2, 0.25) is 0 Å². The lowest BCUT2D eigenvalue weighted by Gasteiger charge is -2.11. The summed E-state index contributed by atoms with van der Waals surface area (Å²) in [4.78, 5) is 22.6. The van der Waals surface area contributed by atoms with E-state index in [4.69, 9.17) is 11.6 Å². The number of amides is 1. The first-order chi connectivity index (χ1) is 8.06. The Balaban J connectivity index is 2.70. The normalized spacial score (nSPS) is 11.6. The average molecular weight is 252 g/mol. The van der Waals surface area contributed by atoms with Gasteiger partial charge in [0.25, 0.3) is 5.91 Å². The Morgan fingerprint density at radius 2 is 2.18 bits per heavy atom. The second-order valence-electron chi connectivity index (χ2n) is 3.76. The zero-order valence-electron chi connectivity index (χ0n) is 9.57. The molecule has 0 radical (unpaired) electrons. The monoisotopic (exact) mass is 251 g/mol. The summed E-state index contributed by atoms with van der Waals surface area (Å²) >= 11 is 5.71. The molecular formula is C13H14ClNO2. The molecule has 0 bridgehead atoms. The number of nitrogens with one attached hydrogen (secondary N) is 1. The lowest BCUT2D eigenvalue weighted by atomic mass is 10.1. The molecule has 0 fully saturated rings. The first kappa shape index (κ1) is 13.5. The third-order valence-corrected chi connectivity index (χ3v) is 2.81. The van der Waals surface area contributed by atoms with Crippen molar-refractivity contribution in [1.29, 1.82) is 0 Å². The van der Waals surface area contributed by atoms with Crippen LogP contribution in [0.3, 0.4) is 0 Å². The standard InChI is InChI=1S/C13H14ClNO2/c1-9(10(2)14)7-15-13(17)12-6-4-3-5-11(12)8-16/h3-6,8-9H,2,7H2,1H3,(H,15,17). The van der Waals surface area contributed by atoms with E-state index in [1.807, 2.05) is 6.92 Å². The van der Waals surface area contributed by atoms with Crippen LogP contribution in [0.1, 0.15) is 27.6 Å². The Morgan fingerprint density at radius 3 is 2.76 bits per heavy atom. The van der Waals surface area contributed by atoms with Crippen molar-refractivity contribution in [2.75, 3.05) is 6.54 Å². The molecular weight excluding hydrogens is 238 g/mol. The molecule has 1 rings (SSSR count). The summed E-state index contributed by atoms with van der Waals surface area (Å²) in [5.41, 5.74) is 0.747. The molecule has 90 valence electrons. The Kier molecular flexibility index (Phi) is 4.91. The summed E-state index contributed by atoms with van der Waals surface area (Å²) in [6.07, 6.45) is 0.665. The van der Waals surface area contributed by atoms with Crippen molar-refractivity contribution in [3.05, 3.63) is 47.0 Å². The van der Waals surface area contributed by atoms with E-state index in [1.54, 1.807) is 24.3 Å². The molecule has 1 amide bonds. The lowest BCUT2D eigenvalue weighted by Crippen LogP contribution is -2.29. The molecule has 17 heavy (non-hydrogen) atoms. The highest BCUT2D eigenvalue weighted by Crippen LogP contribution is 2.11. The SMILES string of the molecule is C=C(Cl)C(C)CNC(=O)c1ccccc1C=O. The molecule has 0 saturated heterocycles. The van der Waals surface area contributed by atoms with E-state index in [2.05, 4.69) is 11.9 Å². The molecule has 0 heterocycles. The third-order valence-electron chi connectivity index (χ3n) is 2.44. The first-order valence-corrected chi connectivity index (χ1v) is 5.60. The highest BCUT2D eigenvalue weighted by molar-refractivity contribution is 6.29. The summed E-state index contributed by atoms with van der Waals surface area (Å²) in [7, 11) is 0. The van der Waals surface area contributed by atoms with Crippen LogP contribution in [0.15, 0.2) is 35.9 Å². The third kappa shape index (κ3) is 3.71. The summed E-state index contributed by atoms with van der Waals surface area (Å²) in [5, 5.41) is 3.21. The second kappa shape index (κ2) is 6.21. The fourth-order valence-corrected chi connectivity index (χ4v) is 1.34. The Bertz CT molecular complexity index is 443. The van der Waals surface area contributed by atoms with Gasteiger partial charge in [0.15, 0.2) is 6.29 Å². The lowest BCUT2D eigenvalue weighted by molar-refractivity contribution is 0.0945. The smallest absolute Gasteiger partial charge is 0.252 e. The van der Waals surface area contributed by atoms with Crippen LogP contribution in [0, 0.1) is 5.92 Å². The molecule has 4 heteroatoms. The van der Waals surface area contributed by atoms with Crippen molar-refractivity contribution in [2.45, 2.75) is 6.92 Å². The van der Waals surface area contributed by atoms with E-state index in [1.165, 1.54) is 0 Å². The first-order valence-electron chi connectivity index (χ1n) is 5.23. The van der Waals surface area contributed by atoms with Crippen molar-refractivity contribution in [3.8, 4) is 0 Å². The number of hydrogen-bond donors (Lipinski definition) is 1. The molecule has 0 saturated carbocycles. The van der Waals surface area contributed by atoms with Gasteiger partial charge in [0.05, 0.1) is 0 Å². The van der Waals surface area contributed by atoms with E-state index in [-0.39, 0.29) is 11.8 Å². The summed E-state index contributed by atoms with van der Waals surface area (Å²) < 4.78 is 0. The van der Waals surface area contributed by atoms with Gasteiger partial charge in [-0.15, -0.1) is 0 Å². The summed E-state index contributed by atoms with van der Waals surface area (Å²) in [6.45, 7) is 5.86. The molecule has 1 aromatic rings. The number of hydrogen-bond acceptors (Lipinski definition) is 2. The maximum absolute atomic E-state index is 11.8. The van der Waals surface area contributed by atoms with E-state index < -0.39 is 0 Å². The maximum atomic E-state index is 11.8. The number of halogens is 1. The second-order valence-corrected chi connectivity index (χ2v) is 4.25. The largest absolute Gasteiger partial charge is 0.351 e. The Labute approximate surface area is 105 Å². The molecule has 0 aromatic heterocycles. The predicted molar refractivity (Wildman–Crippen MR) is 68.3 cm³/mol. The van der Waals surface area contributed by atoms with Gasteiger partial charge in [0.1, 0.15) is 0 Å². The molecule has 0 aliphatic heterocycles. The van der Waals surface area contributed by atoms with Gasteiger partial charge in [-0.1, -0.05) is 43.3 Å². The topological polar surface area (TPSA) is 46.2 Å². The average Bonchev–Trinajstić information content (AvgIpc) is 2.35. The van der Waals surface area contributed by atoms with E-state index >= 15 is 0 Å². The fraction of sp³-hybridized carbons (Fsp3) is 0.231. The minimum atomic E-state index is -0.280. The van der Waals surface area contributed by atoms with Gasteiger partial charge in [-0.05, 0) is 6.07 Å². The number of carbonyl (C=O) groups excluding carboxylic acids is 2. The van der Waals surface area contributed by atoms with Gasteiger partial charge in [-0.25, -0.2) is 0 Å². The van der Waals surface area contributed by atoms with Crippen LogP contribution in [0.2, 0.25) is 0 Å².